The molecule has 0 spiro atoms. The highest BCUT2D eigenvalue weighted by Crippen LogP contribution is 2.45. The molecule has 0 aliphatic carbocycles. The third-order valence-corrected chi connectivity index (χ3v) is 3.56. The first-order valence-corrected chi connectivity index (χ1v) is 6.82. The minimum atomic E-state index is 0.591. The third kappa shape index (κ3) is 2.68. The van der Waals surface area contributed by atoms with Crippen molar-refractivity contribution in [2.24, 2.45) is 0 Å². The van der Waals surface area contributed by atoms with Gasteiger partial charge in [0.1, 0.15) is 0 Å². The van der Waals surface area contributed by atoms with Crippen molar-refractivity contribution in [1.29, 1.82) is 0 Å². The van der Waals surface area contributed by atoms with Crippen LogP contribution in [0.1, 0.15) is 16.7 Å². The average Bonchev–Trinajstić information content (AvgIpc) is 2.45. The maximum atomic E-state index is 5.57. The summed E-state index contributed by atoms with van der Waals surface area (Å²) in [6, 6.07) is 9.37. The summed E-state index contributed by atoms with van der Waals surface area (Å²) in [6.45, 7) is 6.29. The first-order valence-electron chi connectivity index (χ1n) is 6.82. The fraction of sp³-hybridized carbons (Fsp3) is 0.333. The molecular formula is C18H21O3. The Labute approximate surface area is 126 Å². The van der Waals surface area contributed by atoms with E-state index in [4.69, 9.17) is 14.2 Å². The number of ether oxygens (including phenoxy) is 3. The van der Waals surface area contributed by atoms with Gasteiger partial charge in [-0.1, -0.05) is 17.7 Å². The van der Waals surface area contributed by atoms with E-state index in [1.54, 1.807) is 27.4 Å². The number of methoxy groups -OCH3 is 3. The lowest BCUT2D eigenvalue weighted by atomic mass is 9.93. The molecule has 0 unspecified atom stereocenters. The summed E-state index contributed by atoms with van der Waals surface area (Å²) in [5.74, 6) is 1.85. The van der Waals surface area contributed by atoms with Crippen LogP contribution in [0.15, 0.2) is 18.2 Å². The average molecular weight is 285 g/mol. The first kappa shape index (κ1) is 15.2. The summed E-state index contributed by atoms with van der Waals surface area (Å²) >= 11 is 0. The molecule has 2 aromatic carbocycles. The van der Waals surface area contributed by atoms with Gasteiger partial charge in [0.25, 0.3) is 0 Å². The second-order valence-electron chi connectivity index (χ2n) is 5.07. The molecule has 0 aliphatic heterocycles. The van der Waals surface area contributed by atoms with Crippen molar-refractivity contribution in [3.05, 3.63) is 41.0 Å². The van der Waals surface area contributed by atoms with E-state index in [9.17, 15) is 0 Å². The van der Waals surface area contributed by atoms with Crippen molar-refractivity contribution >= 4 is 0 Å². The van der Waals surface area contributed by atoms with Gasteiger partial charge in [-0.3, -0.25) is 0 Å². The summed E-state index contributed by atoms with van der Waals surface area (Å²) < 4.78 is 16.3. The summed E-state index contributed by atoms with van der Waals surface area (Å²) in [5, 5.41) is 0. The van der Waals surface area contributed by atoms with E-state index in [1.807, 2.05) is 0 Å². The van der Waals surface area contributed by atoms with Crippen molar-refractivity contribution in [3.63, 3.8) is 0 Å². The predicted octanol–water partition coefficient (Wildman–Crippen LogP) is 4.10. The molecule has 0 bridgehead atoms. The highest BCUT2D eigenvalue weighted by molar-refractivity contribution is 5.80. The zero-order valence-electron chi connectivity index (χ0n) is 13.5. The van der Waals surface area contributed by atoms with E-state index in [2.05, 4.69) is 39.0 Å². The molecule has 0 saturated carbocycles. The Hall–Kier alpha value is -2.16. The molecule has 0 heterocycles. The minimum absolute atomic E-state index is 0.591. The lowest BCUT2D eigenvalue weighted by molar-refractivity contribution is 0.325. The lowest BCUT2D eigenvalue weighted by Gasteiger charge is -2.18. The Bertz CT molecular complexity index is 637. The molecule has 111 valence electrons. The molecule has 0 aromatic heterocycles. The van der Waals surface area contributed by atoms with Crippen molar-refractivity contribution in [2.45, 2.75) is 20.8 Å². The number of benzene rings is 2. The SMILES string of the molecule is COc1c[c]c(-c2c(C)cc(C)cc2C)c(OC)c1OC. The van der Waals surface area contributed by atoms with Gasteiger partial charge >= 0.3 is 0 Å². The minimum Gasteiger partial charge on any atom is -0.493 e. The third-order valence-electron chi connectivity index (χ3n) is 3.56. The quantitative estimate of drug-likeness (QED) is 0.846. The number of aryl methyl sites for hydroxylation is 3. The summed E-state index contributed by atoms with van der Waals surface area (Å²) in [5.41, 5.74) is 5.64. The second-order valence-corrected chi connectivity index (χ2v) is 5.07. The van der Waals surface area contributed by atoms with E-state index in [-0.39, 0.29) is 0 Å². The fourth-order valence-electron chi connectivity index (χ4n) is 2.79. The molecule has 0 atom stereocenters. The van der Waals surface area contributed by atoms with Crippen LogP contribution in [0.2, 0.25) is 0 Å². The monoisotopic (exact) mass is 285 g/mol. The van der Waals surface area contributed by atoms with Gasteiger partial charge in [-0.15, -0.1) is 0 Å². The zero-order valence-corrected chi connectivity index (χ0v) is 13.5. The van der Waals surface area contributed by atoms with Crippen molar-refractivity contribution < 1.29 is 14.2 Å². The Kier molecular flexibility index (Phi) is 4.41. The van der Waals surface area contributed by atoms with Crippen LogP contribution >= 0.6 is 0 Å². The van der Waals surface area contributed by atoms with Crippen molar-refractivity contribution in [2.75, 3.05) is 21.3 Å². The topological polar surface area (TPSA) is 27.7 Å². The summed E-state index contributed by atoms with van der Waals surface area (Å²) in [7, 11) is 4.85. The van der Waals surface area contributed by atoms with E-state index >= 15 is 0 Å². The molecule has 1 radical (unpaired) electrons. The highest BCUT2D eigenvalue weighted by Gasteiger charge is 2.19. The van der Waals surface area contributed by atoms with Gasteiger partial charge in [-0.05, 0) is 49.6 Å². The molecule has 0 aliphatic rings. The highest BCUT2D eigenvalue weighted by atomic mass is 16.5. The van der Waals surface area contributed by atoms with E-state index in [0.29, 0.717) is 17.2 Å². The number of hydrogen-bond acceptors (Lipinski definition) is 3. The largest absolute Gasteiger partial charge is 0.493 e. The van der Waals surface area contributed by atoms with Gasteiger partial charge in [0, 0.05) is 5.56 Å². The van der Waals surface area contributed by atoms with Crippen LogP contribution < -0.4 is 14.2 Å². The van der Waals surface area contributed by atoms with E-state index in [1.165, 1.54) is 16.7 Å². The molecule has 0 amide bonds. The van der Waals surface area contributed by atoms with Crippen LogP contribution in [0.4, 0.5) is 0 Å². The van der Waals surface area contributed by atoms with Crippen LogP contribution in [0.25, 0.3) is 11.1 Å². The van der Waals surface area contributed by atoms with Gasteiger partial charge in [0.05, 0.1) is 21.3 Å². The van der Waals surface area contributed by atoms with E-state index < -0.39 is 0 Å². The fourth-order valence-corrected chi connectivity index (χ4v) is 2.79. The Morgan fingerprint density at radius 1 is 0.810 bits per heavy atom. The standard InChI is InChI=1S/C18H21O3/c1-11-9-12(2)16(13(3)10-11)14-7-8-15(19-4)18(21-6)17(14)20-5/h8-10H,1-6H3. The molecule has 0 fully saturated rings. The van der Waals surface area contributed by atoms with E-state index in [0.717, 1.165) is 11.1 Å². The lowest BCUT2D eigenvalue weighted by Crippen LogP contribution is -1.99. The normalized spacial score (nSPS) is 10.4. The van der Waals surface area contributed by atoms with Crippen molar-refractivity contribution in [1.82, 2.24) is 0 Å². The van der Waals surface area contributed by atoms with Crippen LogP contribution in [-0.4, -0.2) is 21.3 Å². The molecule has 3 heteroatoms. The van der Waals surface area contributed by atoms with Crippen LogP contribution in [0, 0.1) is 26.8 Å². The van der Waals surface area contributed by atoms with Gasteiger partial charge in [-0.25, -0.2) is 0 Å². The van der Waals surface area contributed by atoms with Crippen LogP contribution in [-0.2, 0) is 0 Å². The molecule has 21 heavy (non-hydrogen) atoms. The predicted molar refractivity (Wildman–Crippen MR) is 84.6 cm³/mol. The molecule has 3 nitrogen and oxygen atoms in total. The van der Waals surface area contributed by atoms with Crippen LogP contribution in [0.3, 0.4) is 0 Å². The summed E-state index contributed by atoms with van der Waals surface area (Å²) in [6.07, 6.45) is 0. The number of hydrogen-bond donors (Lipinski definition) is 0. The molecule has 0 N–H and O–H groups in total. The van der Waals surface area contributed by atoms with Crippen molar-refractivity contribution in [3.8, 4) is 28.4 Å². The van der Waals surface area contributed by atoms with Gasteiger partial charge < -0.3 is 14.2 Å². The Morgan fingerprint density at radius 3 is 1.86 bits per heavy atom. The van der Waals surface area contributed by atoms with Gasteiger partial charge in [-0.2, -0.15) is 0 Å². The van der Waals surface area contributed by atoms with Crippen LogP contribution in [0.5, 0.6) is 17.2 Å². The second kappa shape index (κ2) is 6.08. The Balaban J connectivity index is 2.76. The Morgan fingerprint density at radius 2 is 1.38 bits per heavy atom. The molecule has 2 aromatic rings. The zero-order chi connectivity index (χ0) is 15.6. The molecular weight excluding hydrogens is 264 g/mol. The van der Waals surface area contributed by atoms with Gasteiger partial charge in [0.2, 0.25) is 5.75 Å². The maximum absolute atomic E-state index is 5.57. The van der Waals surface area contributed by atoms with Gasteiger partial charge in [0.15, 0.2) is 11.5 Å². The summed E-state index contributed by atoms with van der Waals surface area (Å²) in [4.78, 5) is 0. The smallest absolute Gasteiger partial charge is 0.203 e. The molecule has 0 saturated heterocycles. The maximum Gasteiger partial charge on any atom is 0.203 e. The first-order chi connectivity index (χ1) is 10.0. The number of rotatable bonds is 4. The molecule has 2 rings (SSSR count).